The summed E-state index contributed by atoms with van der Waals surface area (Å²) in [6.07, 6.45) is 0. The molecule has 0 amide bonds. The number of thioether (sulfide) groups is 1. The molecule has 0 radical (unpaired) electrons. The van der Waals surface area contributed by atoms with E-state index in [0.29, 0.717) is 48.3 Å². The van der Waals surface area contributed by atoms with Gasteiger partial charge in [0.1, 0.15) is 19.0 Å². The summed E-state index contributed by atoms with van der Waals surface area (Å²) in [5, 5.41) is 10.1. The van der Waals surface area contributed by atoms with Gasteiger partial charge in [0.2, 0.25) is 5.88 Å². The summed E-state index contributed by atoms with van der Waals surface area (Å²) in [6.45, 7) is 3.16. The Kier molecular flexibility index (Phi) is 6.13. The molecule has 4 rings (SSSR count). The molecule has 0 spiro atoms. The fraction of sp³-hybridized carbons (Fsp3) is 0.227. The van der Waals surface area contributed by atoms with Crippen molar-refractivity contribution in [1.29, 1.82) is 0 Å². The summed E-state index contributed by atoms with van der Waals surface area (Å²) in [5.41, 5.74) is 0.463. The molecular weight excluding hydrogens is 420 g/mol. The van der Waals surface area contributed by atoms with E-state index in [1.807, 2.05) is 6.92 Å². The van der Waals surface area contributed by atoms with Crippen LogP contribution in [0, 0.1) is 0 Å². The molecule has 0 unspecified atom stereocenters. The number of carbonyl (C=O) groups excluding carboxylic acids is 1. The minimum absolute atomic E-state index is 0.00629. The zero-order valence-corrected chi connectivity index (χ0v) is 17.6. The lowest BCUT2D eigenvalue weighted by atomic mass is 10.1. The molecule has 1 aliphatic rings. The van der Waals surface area contributed by atoms with E-state index in [-0.39, 0.29) is 16.7 Å². The molecule has 2 aromatic carbocycles. The molecule has 0 saturated heterocycles. The standard InChI is InChI=1S/C22H20N2O6S/c1-2-28-17-6-4-3-5-15(17)24-21(27)12-20(26)23-22(24)31-13-16(25)14-7-8-18-19(11-14)30-10-9-29-18/h3-8,11-12,26H,2,9-10,13H2,1H3. The van der Waals surface area contributed by atoms with Gasteiger partial charge in [0.25, 0.3) is 5.56 Å². The number of aromatic hydroxyl groups is 1. The SMILES string of the molecule is CCOc1ccccc1-n1c(SCC(=O)c2ccc3c(c2)OCCO3)nc(O)cc1=O. The topological polar surface area (TPSA) is 99.9 Å². The average molecular weight is 440 g/mol. The van der Waals surface area contributed by atoms with Crippen LogP contribution < -0.4 is 19.8 Å². The first-order chi connectivity index (χ1) is 15.1. The van der Waals surface area contributed by atoms with Crippen molar-refractivity contribution in [3.8, 4) is 28.8 Å². The van der Waals surface area contributed by atoms with Crippen molar-refractivity contribution in [2.75, 3.05) is 25.6 Å². The van der Waals surface area contributed by atoms with E-state index in [4.69, 9.17) is 14.2 Å². The van der Waals surface area contributed by atoms with Crippen LogP contribution in [0.1, 0.15) is 17.3 Å². The molecule has 160 valence electrons. The second-order valence-corrected chi connectivity index (χ2v) is 7.48. The van der Waals surface area contributed by atoms with E-state index in [2.05, 4.69) is 4.98 Å². The van der Waals surface area contributed by atoms with Crippen LogP contribution in [0.3, 0.4) is 0 Å². The fourth-order valence-corrected chi connectivity index (χ4v) is 4.02. The predicted octanol–water partition coefficient (Wildman–Crippen LogP) is 3.08. The maximum atomic E-state index is 12.8. The molecule has 0 bridgehead atoms. The van der Waals surface area contributed by atoms with Crippen LogP contribution >= 0.6 is 11.8 Å². The van der Waals surface area contributed by atoms with Crippen LogP contribution in [0.2, 0.25) is 0 Å². The van der Waals surface area contributed by atoms with Crippen LogP contribution in [0.15, 0.2) is 58.5 Å². The summed E-state index contributed by atoms with van der Waals surface area (Å²) < 4.78 is 18.0. The van der Waals surface area contributed by atoms with E-state index < -0.39 is 11.4 Å². The second-order valence-electron chi connectivity index (χ2n) is 6.54. The molecule has 3 aromatic rings. The average Bonchev–Trinajstić information content (AvgIpc) is 2.78. The van der Waals surface area contributed by atoms with Gasteiger partial charge in [-0.3, -0.25) is 14.2 Å². The van der Waals surface area contributed by atoms with Gasteiger partial charge in [-0.1, -0.05) is 23.9 Å². The van der Waals surface area contributed by atoms with Gasteiger partial charge < -0.3 is 19.3 Å². The van der Waals surface area contributed by atoms with E-state index in [9.17, 15) is 14.7 Å². The first-order valence-electron chi connectivity index (χ1n) is 9.67. The molecular formula is C22H20N2O6S. The highest BCUT2D eigenvalue weighted by Gasteiger charge is 2.18. The molecule has 0 fully saturated rings. The number of ether oxygens (including phenoxy) is 3. The number of fused-ring (bicyclic) bond motifs is 1. The monoisotopic (exact) mass is 440 g/mol. The fourth-order valence-electron chi connectivity index (χ4n) is 3.12. The van der Waals surface area contributed by atoms with Crippen molar-refractivity contribution in [1.82, 2.24) is 9.55 Å². The van der Waals surface area contributed by atoms with Gasteiger partial charge in [0.15, 0.2) is 22.4 Å². The molecule has 1 aliphatic heterocycles. The van der Waals surface area contributed by atoms with Gasteiger partial charge >= 0.3 is 0 Å². The van der Waals surface area contributed by atoms with Crippen LogP contribution in [-0.4, -0.2) is 46.0 Å². The number of ketones is 1. The molecule has 0 atom stereocenters. The molecule has 0 aliphatic carbocycles. The van der Waals surface area contributed by atoms with Gasteiger partial charge in [-0.15, -0.1) is 0 Å². The summed E-state index contributed by atoms with van der Waals surface area (Å²) in [6, 6.07) is 13.1. The normalized spacial score (nSPS) is 12.4. The summed E-state index contributed by atoms with van der Waals surface area (Å²) in [4.78, 5) is 29.5. The van der Waals surface area contributed by atoms with Crippen molar-refractivity contribution in [2.24, 2.45) is 0 Å². The smallest absolute Gasteiger partial charge is 0.262 e. The Bertz CT molecular complexity index is 1180. The summed E-state index contributed by atoms with van der Waals surface area (Å²) in [7, 11) is 0. The van der Waals surface area contributed by atoms with Crippen molar-refractivity contribution in [2.45, 2.75) is 12.1 Å². The largest absolute Gasteiger partial charge is 0.493 e. The minimum Gasteiger partial charge on any atom is -0.493 e. The van der Waals surface area contributed by atoms with Crippen molar-refractivity contribution >= 4 is 17.5 Å². The first kappa shape index (κ1) is 20.8. The molecule has 9 heteroatoms. The zero-order valence-electron chi connectivity index (χ0n) is 16.7. The third-order valence-electron chi connectivity index (χ3n) is 4.48. The molecule has 2 heterocycles. The van der Waals surface area contributed by atoms with E-state index in [1.165, 1.54) is 4.57 Å². The van der Waals surface area contributed by atoms with Crippen LogP contribution in [-0.2, 0) is 0 Å². The van der Waals surface area contributed by atoms with Crippen LogP contribution in [0.25, 0.3) is 5.69 Å². The molecule has 1 N–H and O–H groups in total. The van der Waals surface area contributed by atoms with Gasteiger partial charge in [-0.25, -0.2) is 0 Å². The lowest BCUT2D eigenvalue weighted by Gasteiger charge is -2.18. The Hall–Kier alpha value is -3.46. The summed E-state index contributed by atoms with van der Waals surface area (Å²) in [5.74, 6) is 1.05. The lowest BCUT2D eigenvalue weighted by Crippen LogP contribution is -2.21. The maximum absolute atomic E-state index is 12.8. The third kappa shape index (κ3) is 4.51. The molecule has 0 saturated carbocycles. The highest BCUT2D eigenvalue weighted by molar-refractivity contribution is 7.99. The predicted molar refractivity (Wildman–Crippen MR) is 115 cm³/mol. The Morgan fingerprint density at radius 2 is 1.94 bits per heavy atom. The lowest BCUT2D eigenvalue weighted by molar-refractivity contribution is 0.102. The zero-order chi connectivity index (χ0) is 21.8. The number of Topliss-reactive ketones (excluding diaryl/α,β-unsaturated/α-hetero) is 1. The Morgan fingerprint density at radius 3 is 2.74 bits per heavy atom. The number of aromatic nitrogens is 2. The number of benzene rings is 2. The Labute approximate surface area is 182 Å². The van der Waals surface area contributed by atoms with Gasteiger partial charge in [-0.05, 0) is 37.3 Å². The van der Waals surface area contributed by atoms with E-state index in [0.717, 1.165) is 17.8 Å². The highest BCUT2D eigenvalue weighted by atomic mass is 32.2. The number of rotatable bonds is 7. The molecule has 31 heavy (non-hydrogen) atoms. The number of carbonyl (C=O) groups is 1. The maximum Gasteiger partial charge on any atom is 0.262 e. The van der Waals surface area contributed by atoms with E-state index >= 15 is 0 Å². The van der Waals surface area contributed by atoms with Gasteiger partial charge in [-0.2, -0.15) is 4.98 Å². The first-order valence-corrected chi connectivity index (χ1v) is 10.7. The number of hydrogen-bond acceptors (Lipinski definition) is 8. The van der Waals surface area contributed by atoms with Crippen molar-refractivity contribution in [3.63, 3.8) is 0 Å². The number of para-hydroxylation sites is 2. The second kappa shape index (κ2) is 9.13. The Balaban J connectivity index is 1.62. The van der Waals surface area contributed by atoms with Crippen LogP contribution in [0.5, 0.6) is 23.1 Å². The van der Waals surface area contributed by atoms with Gasteiger partial charge in [0.05, 0.1) is 24.1 Å². The third-order valence-corrected chi connectivity index (χ3v) is 5.42. The number of nitrogens with zero attached hydrogens (tertiary/aromatic N) is 2. The molecule has 1 aromatic heterocycles. The van der Waals surface area contributed by atoms with E-state index in [1.54, 1.807) is 42.5 Å². The van der Waals surface area contributed by atoms with Crippen molar-refractivity contribution in [3.05, 3.63) is 64.4 Å². The highest BCUT2D eigenvalue weighted by Crippen LogP contribution is 2.32. The van der Waals surface area contributed by atoms with Crippen molar-refractivity contribution < 1.29 is 24.1 Å². The van der Waals surface area contributed by atoms with Crippen LogP contribution in [0.4, 0.5) is 0 Å². The minimum atomic E-state index is -0.478. The Morgan fingerprint density at radius 1 is 1.16 bits per heavy atom. The molecule has 8 nitrogen and oxygen atoms in total. The summed E-state index contributed by atoms with van der Waals surface area (Å²) >= 11 is 1.05. The number of hydrogen-bond donors (Lipinski definition) is 1. The van der Waals surface area contributed by atoms with Gasteiger partial charge in [0, 0.05) is 5.56 Å². The quantitative estimate of drug-likeness (QED) is 0.340.